The van der Waals surface area contributed by atoms with Gasteiger partial charge in [-0.3, -0.25) is 9.69 Å². The Bertz CT molecular complexity index is 523. The minimum Gasteiger partial charge on any atom is -0.392 e. The number of amides is 1. The van der Waals surface area contributed by atoms with Crippen molar-refractivity contribution in [2.45, 2.75) is 64.1 Å². The smallest absolute Gasteiger partial charge is 0.237 e. The van der Waals surface area contributed by atoms with Crippen molar-refractivity contribution in [2.75, 3.05) is 13.1 Å². The van der Waals surface area contributed by atoms with Gasteiger partial charge in [0.2, 0.25) is 5.91 Å². The van der Waals surface area contributed by atoms with E-state index in [9.17, 15) is 4.79 Å². The van der Waals surface area contributed by atoms with E-state index in [1.807, 2.05) is 12.1 Å². The number of hydrogen-bond acceptors (Lipinski definition) is 3. The van der Waals surface area contributed by atoms with E-state index in [1.54, 1.807) is 0 Å². The van der Waals surface area contributed by atoms with Crippen molar-refractivity contribution in [3.63, 3.8) is 0 Å². The van der Waals surface area contributed by atoms with Gasteiger partial charge in [0.25, 0.3) is 0 Å². The molecule has 1 aromatic carbocycles. The highest BCUT2D eigenvalue weighted by molar-refractivity contribution is 5.82. The standard InChI is InChI=1S/C20H30N2O2/c23-15-18-10-8-17(9-11-18)14-22-12-4-7-19(22)20(24)21-13-16-5-2-1-3-6-16/h8-11,16,19,23H,1-7,12-15H2,(H,21,24). The number of carbonyl (C=O) groups is 1. The predicted octanol–water partition coefficient (Wildman–Crippen LogP) is 2.84. The highest BCUT2D eigenvalue weighted by Crippen LogP contribution is 2.24. The van der Waals surface area contributed by atoms with Crippen LogP contribution in [0.5, 0.6) is 0 Å². The Morgan fingerprint density at radius 2 is 1.75 bits per heavy atom. The maximum atomic E-state index is 12.6. The number of hydrogen-bond donors (Lipinski definition) is 2. The second-order valence-corrected chi connectivity index (χ2v) is 7.35. The van der Waals surface area contributed by atoms with Gasteiger partial charge >= 0.3 is 0 Å². The fraction of sp³-hybridized carbons (Fsp3) is 0.650. The molecule has 24 heavy (non-hydrogen) atoms. The molecule has 1 amide bonds. The topological polar surface area (TPSA) is 52.6 Å². The highest BCUT2D eigenvalue weighted by atomic mass is 16.3. The highest BCUT2D eigenvalue weighted by Gasteiger charge is 2.30. The minimum absolute atomic E-state index is 0.0195. The van der Waals surface area contributed by atoms with Crippen LogP contribution < -0.4 is 5.32 Å². The number of aliphatic hydroxyl groups is 1. The summed E-state index contributed by atoms with van der Waals surface area (Å²) in [5.41, 5.74) is 2.14. The molecule has 1 unspecified atom stereocenters. The molecule has 0 aromatic heterocycles. The van der Waals surface area contributed by atoms with Crippen molar-refractivity contribution < 1.29 is 9.90 Å². The first-order valence-electron chi connectivity index (χ1n) is 9.46. The van der Waals surface area contributed by atoms with Crippen LogP contribution >= 0.6 is 0 Å². The van der Waals surface area contributed by atoms with Gasteiger partial charge < -0.3 is 10.4 Å². The van der Waals surface area contributed by atoms with Crippen LogP contribution in [0.4, 0.5) is 0 Å². The maximum Gasteiger partial charge on any atom is 0.237 e. The molecule has 2 aliphatic rings. The average Bonchev–Trinajstić information content (AvgIpc) is 3.09. The summed E-state index contributed by atoms with van der Waals surface area (Å²) in [6, 6.07) is 8.06. The number of rotatable bonds is 6. The van der Waals surface area contributed by atoms with Crippen LogP contribution in [0.3, 0.4) is 0 Å². The van der Waals surface area contributed by atoms with Crippen LogP contribution in [0.1, 0.15) is 56.1 Å². The summed E-state index contributed by atoms with van der Waals surface area (Å²) in [6.07, 6.45) is 8.59. The first-order valence-corrected chi connectivity index (χ1v) is 9.46. The van der Waals surface area contributed by atoms with Gasteiger partial charge in [0.1, 0.15) is 0 Å². The van der Waals surface area contributed by atoms with E-state index >= 15 is 0 Å². The monoisotopic (exact) mass is 330 g/mol. The second-order valence-electron chi connectivity index (χ2n) is 7.35. The largest absolute Gasteiger partial charge is 0.392 e. The van der Waals surface area contributed by atoms with Crippen LogP contribution in [-0.2, 0) is 17.9 Å². The summed E-state index contributed by atoms with van der Waals surface area (Å²) in [4.78, 5) is 14.9. The van der Waals surface area contributed by atoms with Crippen LogP contribution in [-0.4, -0.2) is 35.0 Å². The molecule has 3 rings (SSSR count). The Balaban J connectivity index is 1.50. The number of nitrogens with one attached hydrogen (secondary N) is 1. The van der Waals surface area contributed by atoms with E-state index in [2.05, 4.69) is 22.3 Å². The van der Waals surface area contributed by atoms with Crippen LogP contribution in [0.15, 0.2) is 24.3 Å². The molecular weight excluding hydrogens is 300 g/mol. The normalized spacial score (nSPS) is 22.6. The molecule has 2 N–H and O–H groups in total. The van der Waals surface area contributed by atoms with Crippen molar-refractivity contribution in [3.8, 4) is 0 Å². The van der Waals surface area contributed by atoms with E-state index in [1.165, 1.54) is 37.7 Å². The van der Waals surface area contributed by atoms with Crippen molar-refractivity contribution in [3.05, 3.63) is 35.4 Å². The summed E-state index contributed by atoms with van der Waals surface area (Å²) in [5.74, 6) is 0.897. The van der Waals surface area contributed by atoms with Crippen molar-refractivity contribution in [1.29, 1.82) is 0 Å². The van der Waals surface area contributed by atoms with Crippen molar-refractivity contribution >= 4 is 5.91 Å². The summed E-state index contributed by atoms with van der Waals surface area (Å²) in [5, 5.41) is 12.3. The Morgan fingerprint density at radius 1 is 1.04 bits per heavy atom. The number of benzene rings is 1. The van der Waals surface area contributed by atoms with Crippen LogP contribution in [0, 0.1) is 5.92 Å². The third-order valence-corrected chi connectivity index (χ3v) is 5.55. The SMILES string of the molecule is O=C(NCC1CCCCC1)C1CCCN1Cc1ccc(CO)cc1. The lowest BCUT2D eigenvalue weighted by Crippen LogP contribution is -2.44. The van der Waals surface area contributed by atoms with Crippen LogP contribution in [0.2, 0.25) is 0 Å². The molecule has 1 saturated heterocycles. The lowest BCUT2D eigenvalue weighted by molar-refractivity contribution is -0.125. The average molecular weight is 330 g/mol. The third kappa shape index (κ3) is 4.58. The summed E-state index contributed by atoms with van der Waals surface area (Å²) in [7, 11) is 0. The lowest BCUT2D eigenvalue weighted by Gasteiger charge is -2.26. The van der Waals surface area contributed by atoms with E-state index < -0.39 is 0 Å². The molecule has 1 heterocycles. The molecule has 1 aliphatic carbocycles. The molecule has 2 fully saturated rings. The molecule has 0 bridgehead atoms. The first kappa shape index (κ1) is 17.4. The summed E-state index contributed by atoms with van der Waals surface area (Å²) in [6.45, 7) is 2.74. The van der Waals surface area contributed by atoms with E-state index in [4.69, 9.17) is 5.11 Å². The quantitative estimate of drug-likeness (QED) is 0.843. The van der Waals surface area contributed by atoms with Gasteiger partial charge in [0.15, 0.2) is 0 Å². The van der Waals surface area contributed by atoms with Gasteiger partial charge in [-0.2, -0.15) is 0 Å². The van der Waals surface area contributed by atoms with Crippen molar-refractivity contribution in [1.82, 2.24) is 10.2 Å². The van der Waals surface area contributed by atoms with E-state index in [-0.39, 0.29) is 18.6 Å². The van der Waals surface area contributed by atoms with E-state index in [0.29, 0.717) is 5.92 Å². The van der Waals surface area contributed by atoms with Gasteiger partial charge in [0, 0.05) is 13.1 Å². The zero-order valence-corrected chi connectivity index (χ0v) is 14.5. The minimum atomic E-state index is 0.0195. The molecule has 0 radical (unpaired) electrons. The molecule has 4 heteroatoms. The van der Waals surface area contributed by atoms with E-state index in [0.717, 1.165) is 38.0 Å². The molecular formula is C20H30N2O2. The Hall–Kier alpha value is -1.39. The Labute approximate surface area is 145 Å². The number of carbonyl (C=O) groups excluding carboxylic acids is 1. The molecule has 1 atom stereocenters. The number of aliphatic hydroxyl groups excluding tert-OH is 1. The fourth-order valence-corrected chi connectivity index (χ4v) is 4.05. The van der Waals surface area contributed by atoms with Crippen molar-refractivity contribution in [2.24, 2.45) is 5.92 Å². The molecule has 1 aromatic rings. The molecule has 132 valence electrons. The van der Waals surface area contributed by atoms with Crippen LogP contribution in [0.25, 0.3) is 0 Å². The maximum absolute atomic E-state index is 12.6. The molecule has 1 aliphatic heterocycles. The fourth-order valence-electron chi connectivity index (χ4n) is 4.05. The molecule has 1 saturated carbocycles. The van der Waals surface area contributed by atoms with Gasteiger partial charge in [0.05, 0.1) is 12.6 Å². The van der Waals surface area contributed by atoms with Gasteiger partial charge in [-0.1, -0.05) is 43.5 Å². The number of nitrogens with zero attached hydrogens (tertiary/aromatic N) is 1. The second kappa shape index (κ2) is 8.63. The summed E-state index contributed by atoms with van der Waals surface area (Å²) >= 11 is 0. The molecule has 0 spiro atoms. The first-order chi connectivity index (χ1) is 11.8. The van der Waals surface area contributed by atoms with Gasteiger partial charge in [-0.05, 0) is 49.3 Å². The number of likely N-dealkylation sites (tertiary alicyclic amines) is 1. The Morgan fingerprint density at radius 3 is 2.46 bits per heavy atom. The third-order valence-electron chi connectivity index (χ3n) is 5.55. The predicted molar refractivity (Wildman–Crippen MR) is 95.4 cm³/mol. The van der Waals surface area contributed by atoms with Gasteiger partial charge in [-0.25, -0.2) is 0 Å². The zero-order valence-electron chi connectivity index (χ0n) is 14.5. The van der Waals surface area contributed by atoms with Gasteiger partial charge in [-0.15, -0.1) is 0 Å². The lowest BCUT2D eigenvalue weighted by atomic mass is 9.89. The zero-order chi connectivity index (χ0) is 16.8. The summed E-state index contributed by atoms with van der Waals surface area (Å²) < 4.78 is 0. The Kier molecular flexibility index (Phi) is 6.27. The molecule has 4 nitrogen and oxygen atoms in total.